The van der Waals surface area contributed by atoms with Crippen molar-refractivity contribution in [2.24, 2.45) is 0 Å². The van der Waals surface area contributed by atoms with E-state index in [9.17, 15) is 0 Å². The van der Waals surface area contributed by atoms with Crippen LogP contribution in [0.1, 0.15) is 30.3 Å². The molecule has 0 N–H and O–H groups in total. The second-order valence-electron chi connectivity index (χ2n) is 3.56. The lowest BCUT2D eigenvalue weighted by atomic mass is 10.2. The molecule has 0 saturated heterocycles. The van der Waals surface area contributed by atoms with Crippen LogP contribution in [0.15, 0.2) is 19.1 Å². The lowest BCUT2D eigenvalue weighted by Crippen LogP contribution is -2.10. The Morgan fingerprint density at radius 1 is 1.44 bits per heavy atom. The highest BCUT2D eigenvalue weighted by molar-refractivity contribution is 6.30. The number of nitrogens with zero attached hydrogens (tertiary/aromatic N) is 2. The van der Waals surface area contributed by atoms with Crippen LogP contribution in [0.5, 0.6) is 0 Å². The van der Waals surface area contributed by atoms with Crippen molar-refractivity contribution in [3.63, 3.8) is 0 Å². The number of aryl methyl sites for hydroxylation is 1. The van der Waals surface area contributed by atoms with E-state index >= 15 is 0 Å². The predicted octanol–water partition coefficient (Wildman–Crippen LogP) is 2.96. The summed E-state index contributed by atoms with van der Waals surface area (Å²) in [5.74, 6) is 0.949. The van der Waals surface area contributed by atoms with Crippen LogP contribution in [0, 0.1) is 6.92 Å². The molecule has 0 aromatic carbocycles. The molecule has 0 radical (unpaired) electrons. The van der Waals surface area contributed by atoms with Gasteiger partial charge in [-0.25, -0.2) is 9.97 Å². The van der Waals surface area contributed by atoms with E-state index in [1.54, 1.807) is 6.92 Å². The summed E-state index contributed by atoms with van der Waals surface area (Å²) in [5.41, 5.74) is 1.02. The summed E-state index contributed by atoms with van der Waals surface area (Å²) in [6.07, 6.45) is 2.22. The molecule has 0 aliphatic carbocycles. The highest BCUT2D eigenvalue weighted by Crippen LogP contribution is 2.33. The van der Waals surface area contributed by atoms with Crippen molar-refractivity contribution in [3.8, 4) is 0 Å². The number of ether oxygens (including phenoxy) is 3. The van der Waals surface area contributed by atoms with Gasteiger partial charge in [0.25, 0.3) is 6.29 Å². The molecular formula is C12H13ClN2O3. The van der Waals surface area contributed by atoms with Gasteiger partial charge in [-0.15, -0.1) is 0 Å². The number of halogens is 1. The van der Waals surface area contributed by atoms with Crippen LogP contribution < -0.4 is 0 Å². The largest absolute Gasteiger partial charge is 0.492 e. The van der Waals surface area contributed by atoms with Crippen molar-refractivity contribution in [2.75, 3.05) is 6.61 Å². The molecule has 0 fully saturated rings. The molecule has 5 nitrogen and oxygen atoms in total. The van der Waals surface area contributed by atoms with Gasteiger partial charge < -0.3 is 14.2 Å². The Hall–Kier alpha value is -1.75. The van der Waals surface area contributed by atoms with Crippen molar-refractivity contribution >= 4 is 17.4 Å². The Kier molecular flexibility index (Phi) is 3.72. The average molecular weight is 269 g/mol. The van der Waals surface area contributed by atoms with E-state index in [0.717, 1.165) is 0 Å². The van der Waals surface area contributed by atoms with Gasteiger partial charge in [-0.1, -0.05) is 18.2 Å². The second-order valence-corrected chi connectivity index (χ2v) is 3.91. The van der Waals surface area contributed by atoms with Gasteiger partial charge in [0.15, 0.2) is 0 Å². The normalized spacial score (nSPS) is 14.2. The molecule has 6 heteroatoms. The zero-order valence-corrected chi connectivity index (χ0v) is 10.9. The monoisotopic (exact) mass is 268 g/mol. The maximum atomic E-state index is 6.12. The Morgan fingerprint density at radius 3 is 2.72 bits per heavy atom. The molecule has 96 valence electrons. The molecule has 0 saturated carbocycles. The van der Waals surface area contributed by atoms with E-state index in [1.165, 1.54) is 12.5 Å². The highest BCUT2D eigenvalue weighted by atomic mass is 35.5. The fourth-order valence-corrected chi connectivity index (χ4v) is 1.89. The maximum Gasteiger partial charge on any atom is 0.271 e. The van der Waals surface area contributed by atoms with Crippen LogP contribution in [-0.2, 0) is 14.2 Å². The molecule has 1 aromatic heterocycles. The molecule has 0 bridgehead atoms. The van der Waals surface area contributed by atoms with E-state index < -0.39 is 6.29 Å². The molecule has 1 aliphatic rings. The number of aromatic nitrogens is 2. The van der Waals surface area contributed by atoms with Crippen molar-refractivity contribution < 1.29 is 14.2 Å². The lowest BCUT2D eigenvalue weighted by molar-refractivity contribution is -0.0254. The van der Waals surface area contributed by atoms with Crippen LogP contribution in [-0.4, -0.2) is 16.6 Å². The third kappa shape index (κ3) is 2.41. The molecule has 0 amide bonds. The fraction of sp³-hybridized carbons (Fsp3) is 0.333. The van der Waals surface area contributed by atoms with Crippen LogP contribution >= 0.6 is 11.6 Å². The Balaban J connectivity index is 2.44. The molecule has 2 rings (SSSR count). The smallest absolute Gasteiger partial charge is 0.271 e. The topological polar surface area (TPSA) is 53.5 Å². The predicted molar refractivity (Wildman–Crippen MR) is 66.5 cm³/mol. The molecule has 2 heterocycles. The van der Waals surface area contributed by atoms with Crippen molar-refractivity contribution in [1.82, 2.24) is 9.97 Å². The zero-order valence-electron chi connectivity index (χ0n) is 10.1. The molecule has 18 heavy (non-hydrogen) atoms. The van der Waals surface area contributed by atoms with Gasteiger partial charge >= 0.3 is 0 Å². The first-order valence-corrected chi connectivity index (χ1v) is 5.83. The standard InChI is InChI=1S/C12H13ClN2O3/c1-4-16-7(2)10-9(12-17-5-6-18-12)11(13)15-8(3)14-10/h5-6,12H,2,4H2,1,3H3. The maximum absolute atomic E-state index is 6.12. The first kappa shape index (κ1) is 12.7. The summed E-state index contributed by atoms with van der Waals surface area (Å²) in [4.78, 5) is 8.38. The minimum Gasteiger partial charge on any atom is -0.492 e. The quantitative estimate of drug-likeness (QED) is 0.621. The molecule has 1 aliphatic heterocycles. The Bertz CT molecular complexity index is 494. The zero-order chi connectivity index (χ0) is 13.1. The number of rotatable bonds is 4. The minimum atomic E-state index is -0.662. The van der Waals surface area contributed by atoms with Gasteiger partial charge in [0.1, 0.15) is 35.0 Å². The summed E-state index contributed by atoms with van der Waals surface area (Å²) in [6.45, 7) is 7.92. The van der Waals surface area contributed by atoms with Crippen LogP contribution in [0.4, 0.5) is 0 Å². The lowest BCUT2D eigenvalue weighted by Gasteiger charge is -2.17. The second kappa shape index (κ2) is 5.27. The Labute approximate surface area is 110 Å². The summed E-state index contributed by atoms with van der Waals surface area (Å²) in [5, 5.41) is 0.270. The third-order valence-electron chi connectivity index (χ3n) is 2.29. The SMILES string of the molecule is C=C(OCC)c1nc(C)nc(Cl)c1C1OC=CO1. The summed E-state index contributed by atoms with van der Waals surface area (Å²) in [6, 6.07) is 0. The summed E-state index contributed by atoms with van der Waals surface area (Å²) in [7, 11) is 0. The van der Waals surface area contributed by atoms with Gasteiger partial charge in [-0.05, 0) is 13.8 Å². The summed E-state index contributed by atoms with van der Waals surface area (Å²) < 4.78 is 15.9. The molecular weight excluding hydrogens is 256 g/mol. The minimum absolute atomic E-state index is 0.270. The van der Waals surface area contributed by atoms with E-state index in [0.29, 0.717) is 29.4 Å². The molecule has 1 aromatic rings. The molecule has 0 unspecified atom stereocenters. The Morgan fingerprint density at radius 2 is 2.11 bits per heavy atom. The molecule has 0 atom stereocenters. The van der Waals surface area contributed by atoms with Gasteiger partial charge in [-0.3, -0.25) is 0 Å². The van der Waals surface area contributed by atoms with Crippen LogP contribution in [0.2, 0.25) is 5.15 Å². The van der Waals surface area contributed by atoms with Crippen molar-refractivity contribution in [3.05, 3.63) is 41.3 Å². The first-order chi connectivity index (χ1) is 8.63. The van der Waals surface area contributed by atoms with Gasteiger partial charge in [0.05, 0.1) is 12.2 Å². The summed E-state index contributed by atoms with van der Waals surface area (Å²) >= 11 is 6.12. The van der Waals surface area contributed by atoms with Crippen molar-refractivity contribution in [1.29, 1.82) is 0 Å². The fourth-order valence-electron chi connectivity index (χ4n) is 1.59. The third-order valence-corrected chi connectivity index (χ3v) is 2.58. The van der Waals surface area contributed by atoms with Gasteiger partial charge in [0, 0.05) is 0 Å². The van der Waals surface area contributed by atoms with Crippen LogP contribution in [0.3, 0.4) is 0 Å². The van der Waals surface area contributed by atoms with Gasteiger partial charge in [0.2, 0.25) is 0 Å². The van der Waals surface area contributed by atoms with Gasteiger partial charge in [-0.2, -0.15) is 0 Å². The van der Waals surface area contributed by atoms with E-state index in [2.05, 4.69) is 16.5 Å². The van der Waals surface area contributed by atoms with Crippen molar-refractivity contribution in [2.45, 2.75) is 20.1 Å². The number of hydrogen-bond acceptors (Lipinski definition) is 5. The highest BCUT2D eigenvalue weighted by Gasteiger charge is 2.27. The van der Waals surface area contributed by atoms with E-state index in [1.807, 2.05) is 6.92 Å². The number of hydrogen-bond donors (Lipinski definition) is 0. The average Bonchev–Trinajstić information content (AvgIpc) is 2.81. The first-order valence-electron chi connectivity index (χ1n) is 5.45. The van der Waals surface area contributed by atoms with Crippen LogP contribution in [0.25, 0.3) is 5.76 Å². The van der Waals surface area contributed by atoms with E-state index in [-0.39, 0.29) is 5.15 Å². The molecule has 0 spiro atoms. The van der Waals surface area contributed by atoms with E-state index in [4.69, 9.17) is 25.8 Å².